The number of nitrogens with two attached hydrogens (primary N) is 1. The summed E-state index contributed by atoms with van der Waals surface area (Å²) in [5.41, 5.74) is 6.53. The zero-order valence-corrected chi connectivity index (χ0v) is 22.0. The lowest BCUT2D eigenvalue weighted by Crippen LogP contribution is -2.55. The van der Waals surface area contributed by atoms with Crippen molar-refractivity contribution in [2.45, 2.75) is 69.7 Å². The van der Waals surface area contributed by atoms with Crippen LogP contribution in [0.1, 0.15) is 68.3 Å². The van der Waals surface area contributed by atoms with E-state index >= 15 is 0 Å². The molecule has 3 aromatic rings. The summed E-state index contributed by atoms with van der Waals surface area (Å²) in [7, 11) is 0. The standard InChI is InChI=1S/C28H32FN7O3/c1-26(2,39)23(29)16-33-24(37)19-15-32-21(22-4-3-18-11-17(13-30)14-34-36(18)22)12-20(19)35-28-8-5-27(6-9-28,7-10-28)25(31)38/h3-4,11-12,14-15,23,39H,5-10,16H2,1-2H3,(H2,31,38)(H,32,35)(H,33,37)/t23-,27?,28?/m1/s1. The van der Waals surface area contributed by atoms with E-state index in [1.807, 2.05) is 12.1 Å². The van der Waals surface area contributed by atoms with Crippen molar-refractivity contribution < 1.29 is 19.1 Å². The maximum atomic E-state index is 14.4. The molecule has 39 heavy (non-hydrogen) atoms. The number of anilines is 1. The highest BCUT2D eigenvalue weighted by Gasteiger charge is 2.51. The van der Waals surface area contributed by atoms with Crippen LogP contribution in [-0.4, -0.2) is 55.4 Å². The molecule has 0 saturated heterocycles. The highest BCUT2D eigenvalue weighted by atomic mass is 19.1. The second kappa shape index (κ2) is 9.61. The van der Waals surface area contributed by atoms with E-state index in [1.54, 1.807) is 16.6 Å². The molecular weight excluding hydrogens is 501 g/mol. The van der Waals surface area contributed by atoms with Gasteiger partial charge in [0.1, 0.15) is 12.2 Å². The van der Waals surface area contributed by atoms with Crippen molar-refractivity contribution in [3.05, 3.63) is 47.8 Å². The maximum Gasteiger partial charge on any atom is 0.255 e. The summed E-state index contributed by atoms with van der Waals surface area (Å²) in [4.78, 5) is 29.9. The number of nitrogens with zero attached hydrogens (tertiary/aromatic N) is 4. The van der Waals surface area contributed by atoms with Crippen molar-refractivity contribution in [3.8, 4) is 17.5 Å². The van der Waals surface area contributed by atoms with Gasteiger partial charge in [-0.05, 0) is 76.6 Å². The van der Waals surface area contributed by atoms with Crippen molar-refractivity contribution >= 4 is 23.0 Å². The van der Waals surface area contributed by atoms with Gasteiger partial charge in [-0.15, -0.1) is 0 Å². The number of carbonyl (C=O) groups excluding carboxylic acids is 2. The van der Waals surface area contributed by atoms with Crippen molar-refractivity contribution in [2.24, 2.45) is 11.1 Å². The number of halogens is 1. The Labute approximate surface area is 225 Å². The molecule has 3 aromatic heterocycles. The minimum Gasteiger partial charge on any atom is -0.387 e. The zero-order valence-electron chi connectivity index (χ0n) is 22.0. The first-order valence-electron chi connectivity index (χ1n) is 13.1. The quantitative estimate of drug-likeness (QED) is 0.346. The number of carbonyl (C=O) groups is 2. The van der Waals surface area contributed by atoms with Gasteiger partial charge in [-0.2, -0.15) is 10.4 Å². The third kappa shape index (κ3) is 4.92. The van der Waals surface area contributed by atoms with Crippen LogP contribution in [0.25, 0.3) is 16.9 Å². The Hall–Kier alpha value is -4.04. The number of hydrogen-bond donors (Lipinski definition) is 4. The first-order chi connectivity index (χ1) is 18.5. The van der Waals surface area contributed by atoms with Gasteiger partial charge in [-0.3, -0.25) is 14.6 Å². The Morgan fingerprint density at radius 2 is 1.90 bits per heavy atom. The van der Waals surface area contributed by atoms with Crippen LogP contribution in [0.3, 0.4) is 0 Å². The SMILES string of the molecule is CC(C)(O)[C@H](F)CNC(=O)c1cnc(-c2ccc3cc(C#N)cnn23)cc1NC12CCC(C(N)=O)(CC1)CC2. The zero-order chi connectivity index (χ0) is 28.0. The van der Waals surface area contributed by atoms with Gasteiger partial charge in [-0.25, -0.2) is 8.91 Å². The second-order valence-corrected chi connectivity index (χ2v) is 11.4. The molecule has 5 N–H and O–H groups in total. The van der Waals surface area contributed by atoms with Crippen LogP contribution >= 0.6 is 0 Å². The smallest absolute Gasteiger partial charge is 0.255 e. The lowest BCUT2D eigenvalue weighted by atomic mass is 9.57. The number of amides is 2. The van der Waals surface area contributed by atoms with Crippen molar-refractivity contribution in [3.63, 3.8) is 0 Å². The molecular formula is C28H32FN7O3. The third-order valence-electron chi connectivity index (χ3n) is 8.42. The van der Waals surface area contributed by atoms with E-state index in [2.05, 4.69) is 26.8 Å². The Morgan fingerprint density at radius 3 is 2.51 bits per heavy atom. The van der Waals surface area contributed by atoms with Gasteiger partial charge < -0.3 is 21.5 Å². The van der Waals surface area contributed by atoms with E-state index < -0.39 is 23.1 Å². The summed E-state index contributed by atoms with van der Waals surface area (Å²) < 4.78 is 16.0. The Bertz CT molecular complexity index is 1460. The molecule has 3 aliphatic carbocycles. The monoisotopic (exact) mass is 533 g/mol. The molecule has 10 nitrogen and oxygen atoms in total. The normalized spacial score (nSPS) is 23.3. The van der Waals surface area contributed by atoms with Crippen LogP contribution in [0.4, 0.5) is 10.1 Å². The average molecular weight is 534 g/mol. The van der Waals surface area contributed by atoms with E-state index in [9.17, 15) is 24.3 Å². The van der Waals surface area contributed by atoms with E-state index in [4.69, 9.17) is 5.73 Å². The fourth-order valence-corrected chi connectivity index (χ4v) is 5.69. The minimum absolute atomic E-state index is 0.244. The number of nitrogens with one attached hydrogen (secondary N) is 2. The summed E-state index contributed by atoms with van der Waals surface area (Å²) in [6.07, 6.45) is 5.49. The predicted molar refractivity (Wildman–Crippen MR) is 142 cm³/mol. The number of fused-ring (bicyclic) bond motifs is 4. The largest absolute Gasteiger partial charge is 0.387 e. The molecule has 0 aromatic carbocycles. The van der Waals surface area contributed by atoms with Gasteiger partial charge in [0.15, 0.2) is 0 Å². The van der Waals surface area contributed by atoms with Crippen LogP contribution in [0, 0.1) is 16.7 Å². The molecule has 11 heteroatoms. The molecule has 1 atom stereocenters. The topological polar surface area (TPSA) is 158 Å². The molecule has 0 unspecified atom stereocenters. The molecule has 3 fully saturated rings. The predicted octanol–water partition coefficient (Wildman–Crippen LogP) is 3.10. The molecule has 3 heterocycles. The average Bonchev–Trinajstić information content (AvgIpc) is 3.35. The van der Waals surface area contributed by atoms with Crippen molar-refractivity contribution in [1.82, 2.24) is 19.9 Å². The lowest BCUT2D eigenvalue weighted by molar-refractivity contribution is -0.133. The molecule has 0 spiro atoms. The van der Waals surface area contributed by atoms with Gasteiger partial charge in [0.05, 0.1) is 52.1 Å². The van der Waals surface area contributed by atoms with Gasteiger partial charge >= 0.3 is 0 Å². The maximum absolute atomic E-state index is 14.4. The summed E-state index contributed by atoms with van der Waals surface area (Å²) in [6.45, 7) is 2.34. The van der Waals surface area contributed by atoms with E-state index in [-0.39, 0.29) is 23.6 Å². The number of rotatable bonds is 8. The minimum atomic E-state index is -1.65. The second-order valence-electron chi connectivity index (χ2n) is 11.4. The van der Waals surface area contributed by atoms with E-state index in [0.29, 0.717) is 41.9 Å². The van der Waals surface area contributed by atoms with Gasteiger partial charge in [0.25, 0.3) is 5.91 Å². The van der Waals surface area contributed by atoms with Crippen LogP contribution in [0.5, 0.6) is 0 Å². The molecule has 204 valence electrons. The molecule has 0 aliphatic heterocycles. The van der Waals surface area contributed by atoms with Gasteiger partial charge in [0.2, 0.25) is 5.91 Å². The lowest BCUT2D eigenvalue weighted by Gasteiger charge is -2.52. The molecule has 2 amide bonds. The number of aliphatic hydroxyl groups is 1. The Kier molecular flexibility index (Phi) is 6.55. The summed E-state index contributed by atoms with van der Waals surface area (Å²) in [5, 5.41) is 29.7. The molecule has 3 saturated carbocycles. The summed E-state index contributed by atoms with van der Waals surface area (Å²) in [6, 6.07) is 9.25. The summed E-state index contributed by atoms with van der Waals surface area (Å²) >= 11 is 0. The Balaban J connectivity index is 1.49. The highest BCUT2D eigenvalue weighted by Crippen LogP contribution is 2.53. The number of pyridine rings is 1. The number of aromatic nitrogens is 3. The third-order valence-corrected chi connectivity index (χ3v) is 8.42. The van der Waals surface area contributed by atoms with Crippen molar-refractivity contribution in [2.75, 3.05) is 11.9 Å². The van der Waals surface area contributed by atoms with Crippen LogP contribution in [-0.2, 0) is 4.79 Å². The fourth-order valence-electron chi connectivity index (χ4n) is 5.69. The highest BCUT2D eigenvalue weighted by molar-refractivity contribution is 6.00. The fraction of sp³-hybridized carbons (Fsp3) is 0.464. The molecule has 6 rings (SSSR count). The summed E-state index contributed by atoms with van der Waals surface area (Å²) in [5.74, 6) is -0.767. The molecule has 3 aliphatic rings. The number of hydrogen-bond acceptors (Lipinski definition) is 7. The van der Waals surface area contributed by atoms with Gasteiger partial charge in [-0.1, -0.05) is 0 Å². The first-order valence-corrected chi connectivity index (χ1v) is 13.1. The van der Waals surface area contributed by atoms with E-state index in [0.717, 1.165) is 24.8 Å². The van der Waals surface area contributed by atoms with Crippen LogP contribution < -0.4 is 16.4 Å². The molecule has 0 radical (unpaired) electrons. The van der Waals surface area contributed by atoms with E-state index in [1.165, 1.54) is 26.2 Å². The Morgan fingerprint density at radius 1 is 1.21 bits per heavy atom. The van der Waals surface area contributed by atoms with Crippen molar-refractivity contribution in [1.29, 1.82) is 5.26 Å². The van der Waals surface area contributed by atoms with Gasteiger partial charge in [0, 0.05) is 17.2 Å². The number of nitriles is 1. The number of alkyl halides is 1. The van der Waals surface area contributed by atoms with Crippen LogP contribution in [0.2, 0.25) is 0 Å². The first kappa shape index (κ1) is 26.6. The van der Waals surface area contributed by atoms with Crippen LogP contribution in [0.15, 0.2) is 36.7 Å². The molecule has 2 bridgehead atoms. The number of primary amides is 1.